The van der Waals surface area contributed by atoms with Crippen LogP contribution in [0.1, 0.15) is 26.3 Å². The smallest absolute Gasteiger partial charge is 0.320 e. The second-order valence-corrected chi connectivity index (χ2v) is 6.33. The molecule has 1 amide bonds. The predicted molar refractivity (Wildman–Crippen MR) is 84.7 cm³/mol. The summed E-state index contributed by atoms with van der Waals surface area (Å²) in [6.07, 6.45) is 0. The number of carbonyl (C=O) groups is 2. The third kappa shape index (κ3) is 3.30. The van der Waals surface area contributed by atoms with Crippen molar-refractivity contribution in [1.29, 1.82) is 0 Å². The highest BCUT2D eigenvalue weighted by Crippen LogP contribution is 2.26. The number of carboxylic acids is 1. The van der Waals surface area contributed by atoms with E-state index >= 15 is 0 Å². The number of nitrogens with zero attached hydrogens (tertiary/aromatic N) is 2. The SMILES string of the molecule is C[C@H](C(=O)O)N1CCN(C(=O)C(C)(C)c2ccccc2)CC1. The van der Waals surface area contributed by atoms with Crippen molar-refractivity contribution in [3.63, 3.8) is 0 Å². The summed E-state index contributed by atoms with van der Waals surface area (Å²) in [6, 6.07) is 9.27. The lowest BCUT2D eigenvalue weighted by atomic mass is 9.83. The monoisotopic (exact) mass is 304 g/mol. The Morgan fingerprint density at radius 3 is 2.14 bits per heavy atom. The van der Waals surface area contributed by atoms with Crippen LogP contribution >= 0.6 is 0 Å². The van der Waals surface area contributed by atoms with Gasteiger partial charge in [0.15, 0.2) is 0 Å². The molecule has 1 aromatic carbocycles. The van der Waals surface area contributed by atoms with Gasteiger partial charge in [-0.15, -0.1) is 0 Å². The molecule has 0 radical (unpaired) electrons. The first-order valence-electron chi connectivity index (χ1n) is 7.66. The molecule has 120 valence electrons. The van der Waals surface area contributed by atoms with Gasteiger partial charge in [0.1, 0.15) is 6.04 Å². The number of aliphatic carboxylic acids is 1. The zero-order chi connectivity index (χ0) is 16.3. The highest BCUT2D eigenvalue weighted by molar-refractivity contribution is 5.87. The molecule has 22 heavy (non-hydrogen) atoms. The number of hydrogen-bond acceptors (Lipinski definition) is 3. The van der Waals surface area contributed by atoms with Gasteiger partial charge in [-0.05, 0) is 26.3 Å². The summed E-state index contributed by atoms with van der Waals surface area (Å²) in [4.78, 5) is 27.6. The van der Waals surface area contributed by atoms with Crippen LogP contribution < -0.4 is 0 Å². The molecule has 1 heterocycles. The minimum atomic E-state index is -0.815. The lowest BCUT2D eigenvalue weighted by molar-refractivity contribution is -0.144. The molecule has 0 saturated carbocycles. The minimum Gasteiger partial charge on any atom is -0.480 e. The number of carbonyl (C=O) groups excluding carboxylic acids is 1. The first-order valence-corrected chi connectivity index (χ1v) is 7.66. The van der Waals surface area contributed by atoms with Gasteiger partial charge in [-0.3, -0.25) is 14.5 Å². The molecule has 0 unspecified atom stereocenters. The van der Waals surface area contributed by atoms with Crippen molar-refractivity contribution in [2.24, 2.45) is 0 Å². The standard InChI is InChI=1S/C17H24N2O3/c1-13(15(20)21)18-9-11-19(12-10-18)16(22)17(2,3)14-7-5-4-6-8-14/h4-8,13H,9-12H2,1-3H3,(H,20,21)/t13-/m1/s1. The average molecular weight is 304 g/mol. The molecule has 5 heteroatoms. The molecule has 0 aromatic heterocycles. The van der Waals surface area contributed by atoms with Crippen molar-refractivity contribution in [1.82, 2.24) is 9.80 Å². The molecule has 5 nitrogen and oxygen atoms in total. The van der Waals surface area contributed by atoms with E-state index < -0.39 is 17.4 Å². The second kappa shape index (κ2) is 6.48. The first-order chi connectivity index (χ1) is 10.3. The van der Waals surface area contributed by atoms with Crippen LogP contribution in [0.25, 0.3) is 0 Å². The number of piperazine rings is 1. The summed E-state index contributed by atoms with van der Waals surface area (Å²) in [5.74, 6) is -0.717. The highest BCUT2D eigenvalue weighted by atomic mass is 16.4. The summed E-state index contributed by atoms with van der Waals surface area (Å²) in [5.41, 5.74) is 0.434. The van der Waals surface area contributed by atoms with Crippen molar-refractivity contribution in [3.8, 4) is 0 Å². The molecule has 0 bridgehead atoms. The Labute approximate surface area is 131 Å². The van der Waals surface area contributed by atoms with E-state index in [1.807, 2.05) is 54.0 Å². The number of rotatable bonds is 4. The Kier molecular flexibility index (Phi) is 4.86. The van der Waals surface area contributed by atoms with Gasteiger partial charge in [0.05, 0.1) is 5.41 Å². The van der Waals surface area contributed by atoms with Crippen LogP contribution in [0.5, 0.6) is 0 Å². The maximum absolute atomic E-state index is 12.8. The van der Waals surface area contributed by atoms with E-state index in [1.54, 1.807) is 6.92 Å². The summed E-state index contributed by atoms with van der Waals surface area (Å²) in [7, 11) is 0. The summed E-state index contributed by atoms with van der Waals surface area (Å²) in [5, 5.41) is 9.07. The molecule has 1 aliphatic rings. The molecular weight excluding hydrogens is 280 g/mol. The van der Waals surface area contributed by atoms with E-state index in [4.69, 9.17) is 5.11 Å². The van der Waals surface area contributed by atoms with Crippen LogP contribution in [-0.2, 0) is 15.0 Å². The van der Waals surface area contributed by atoms with Gasteiger partial charge in [0.25, 0.3) is 0 Å². The Bertz CT molecular complexity index is 534. The minimum absolute atomic E-state index is 0.0985. The van der Waals surface area contributed by atoms with Crippen molar-refractivity contribution in [2.45, 2.75) is 32.2 Å². The van der Waals surface area contributed by atoms with Crippen LogP contribution in [0.4, 0.5) is 0 Å². The van der Waals surface area contributed by atoms with Crippen molar-refractivity contribution in [2.75, 3.05) is 26.2 Å². The fourth-order valence-electron chi connectivity index (χ4n) is 2.84. The predicted octanol–water partition coefficient (Wildman–Crippen LogP) is 1.58. The third-order valence-electron chi connectivity index (χ3n) is 4.54. The summed E-state index contributed by atoms with van der Waals surface area (Å²) < 4.78 is 0. The number of carboxylic acid groups (broad SMARTS) is 1. The quantitative estimate of drug-likeness (QED) is 0.917. The normalized spacial score (nSPS) is 18.0. The van der Waals surface area contributed by atoms with Crippen molar-refractivity contribution in [3.05, 3.63) is 35.9 Å². The molecule has 0 aliphatic carbocycles. The maximum Gasteiger partial charge on any atom is 0.320 e. The molecule has 1 fully saturated rings. The number of amides is 1. The molecule has 2 rings (SSSR count). The van der Waals surface area contributed by atoms with E-state index in [0.717, 1.165) is 5.56 Å². The Hall–Kier alpha value is -1.88. The van der Waals surface area contributed by atoms with E-state index in [9.17, 15) is 9.59 Å². The topological polar surface area (TPSA) is 60.9 Å². The van der Waals surface area contributed by atoms with E-state index in [1.165, 1.54) is 0 Å². The number of benzene rings is 1. The van der Waals surface area contributed by atoms with Crippen LogP contribution in [0.3, 0.4) is 0 Å². The summed E-state index contributed by atoms with van der Waals surface area (Å²) >= 11 is 0. The van der Waals surface area contributed by atoms with E-state index in [-0.39, 0.29) is 5.91 Å². The summed E-state index contributed by atoms with van der Waals surface area (Å²) in [6.45, 7) is 7.93. The van der Waals surface area contributed by atoms with Crippen molar-refractivity contribution >= 4 is 11.9 Å². The largest absolute Gasteiger partial charge is 0.480 e. The molecule has 1 aliphatic heterocycles. The molecule has 1 N–H and O–H groups in total. The van der Waals surface area contributed by atoms with Gasteiger partial charge in [-0.1, -0.05) is 30.3 Å². The van der Waals surface area contributed by atoms with Gasteiger partial charge >= 0.3 is 5.97 Å². The molecular formula is C17H24N2O3. The number of hydrogen-bond donors (Lipinski definition) is 1. The zero-order valence-electron chi connectivity index (χ0n) is 13.5. The van der Waals surface area contributed by atoms with Gasteiger partial charge in [0, 0.05) is 26.2 Å². The van der Waals surface area contributed by atoms with E-state index in [2.05, 4.69) is 0 Å². The van der Waals surface area contributed by atoms with E-state index in [0.29, 0.717) is 26.2 Å². The fraction of sp³-hybridized carbons (Fsp3) is 0.529. The van der Waals surface area contributed by atoms with Gasteiger partial charge in [-0.2, -0.15) is 0 Å². The lowest BCUT2D eigenvalue weighted by Crippen LogP contribution is -2.56. The lowest BCUT2D eigenvalue weighted by Gasteiger charge is -2.40. The molecule has 1 aromatic rings. The van der Waals surface area contributed by atoms with Crippen LogP contribution in [0, 0.1) is 0 Å². The zero-order valence-corrected chi connectivity index (χ0v) is 13.5. The molecule has 1 atom stereocenters. The van der Waals surface area contributed by atoms with Gasteiger partial charge in [0.2, 0.25) is 5.91 Å². The maximum atomic E-state index is 12.8. The van der Waals surface area contributed by atoms with Crippen molar-refractivity contribution < 1.29 is 14.7 Å². The van der Waals surface area contributed by atoms with Crippen LogP contribution in [0.15, 0.2) is 30.3 Å². The van der Waals surface area contributed by atoms with Gasteiger partial charge in [-0.25, -0.2) is 0 Å². The molecule has 0 spiro atoms. The average Bonchev–Trinajstić information content (AvgIpc) is 2.54. The highest BCUT2D eigenvalue weighted by Gasteiger charge is 2.36. The third-order valence-corrected chi connectivity index (χ3v) is 4.54. The van der Waals surface area contributed by atoms with Crippen LogP contribution in [-0.4, -0.2) is 59.0 Å². The fourth-order valence-corrected chi connectivity index (χ4v) is 2.84. The van der Waals surface area contributed by atoms with Crippen LogP contribution in [0.2, 0.25) is 0 Å². The first kappa shape index (κ1) is 16.5. The van der Waals surface area contributed by atoms with Gasteiger partial charge < -0.3 is 10.0 Å². The second-order valence-electron chi connectivity index (χ2n) is 6.33. The Morgan fingerprint density at radius 1 is 1.09 bits per heavy atom. The Balaban J connectivity index is 2.02. The Morgan fingerprint density at radius 2 is 1.64 bits per heavy atom. The molecule has 1 saturated heterocycles.